The Morgan fingerprint density at radius 1 is 1.39 bits per heavy atom. The van der Waals surface area contributed by atoms with Crippen LogP contribution in [0.4, 0.5) is 11.5 Å². The second-order valence-corrected chi connectivity index (χ2v) is 5.45. The molecule has 0 amide bonds. The van der Waals surface area contributed by atoms with Gasteiger partial charge in [-0.25, -0.2) is 9.97 Å². The number of nitrogens with two attached hydrogens (primary N) is 1. The van der Waals surface area contributed by atoms with Gasteiger partial charge in [0.15, 0.2) is 5.03 Å². The van der Waals surface area contributed by atoms with Gasteiger partial charge in [0.1, 0.15) is 11.6 Å². The third-order valence-electron chi connectivity index (χ3n) is 2.39. The highest BCUT2D eigenvalue weighted by Gasteiger charge is 2.18. The van der Waals surface area contributed by atoms with E-state index in [2.05, 4.69) is 14.7 Å². The molecule has 2 aromatic rings. The normalized spacial score (nSPS) is 11.4. The smallest absolute Gasteiger partial charge is 0.282 e. The van der Waals surface area contributed by atoms with Crippen molar-refractivity contribution in [1.82, 2.24) is 14.5 Å². The molecule has 0 aliphatic rings. The lowest BCUT2D eigenvalue weighted by Gasteiger charge is -2.04. The van der Waals surface area contributed by atoms with E-state index in [9.17, 15) is 8.42 Å². The Kier molecular flexibility index (Phi) is 2.95. The third-order valence-corrected chi connectivity index (χ3v) is 3.61. The van der Waals surface area contributed by atoms with Crippen LogP contribution in [0.25, 0.3) is 0 Å². The van der Waals surface area contributed by atoms with Gasteiger partial charge >= 0.3 is 0 Å². The van der Waals surface area contributed by atoms with Crippen LogP contribution in [-0.2, 0) is 17.1 Å². The fourth-order valence-electron chi connectivity index (χ4n) is 1.31. The van der Waals surface area contributed by atoms with Crippen molar-refractivity contribution in [1.29, 1.82) is 0 Å². The van der Waals surface area contributed by atoms with Crippen LogP contribution in [0.15, 0.2) is 29.6 Å². The minimum atomic E-state index is -3.71. The zero-order valence-electron chi connectivity index (χ0n) is 9.95. The van der Waals surface area contributed by atoms with Crippen LogP contribution in [-0.4, -0.2) is 23.0 Å². The minimum Gasteiger partial charge on any atom is -0.397 e. The van der Waals surface area contributed by atoms with Gasteiger partial charge in [0.2, 0.25) is 0 Å². The average Bonchev–Trinajstić information content (AvgIpc) is 2.63. The van der Waals surface area contributed by atoms with Crippen LogP contribution in [0.5, 0.6) is 0 Å². The first-order valence-electron chi connectivity index (χ1n) is 5.13. The van der Waals surface area contributed by atoms with Crippen molar-refractivity contribution < 1.29 is 8.42 Å². The quantitative estimate of drug-likeness (QED) is 0.843. The molecule has 0 saturated carbocycles. The van der Waals surface area contributed by atoms with E-state index in [0.29, 0.717) is 11.5 Å². The molecule has 2 rings (SSSR count). The second-order valence-electron chi connectivity index (χ2n) is 3.82. The van der Waals surface area contributed by atoms with Crippen molar-refractivity contribution in [2.24, 2.45) is 7.05 Å². The highest BCUT2D eigenvalue weighted by atomic mass is 32.2. The summed E-state index contributed by atoms with van der Waals surface area (Å²) in [6.07, 6.45) is 2.82. The summed E-state index contributed by atoms with van der Waals surface area (Å²) in [5.74, 6) is 0.813. The molecule has 0 fully saturated rings. The summed E-state index contributed by atoms with van der Waals surface area (Å²) in [6, 6.07) is 3.05. The maximum atomic E-state index is 12.0. The number of nitrogens with zero attached hydrogens (tertiary/aromatic N) is 3. The lowest BCUT2D eigenvalue weighted by atomic mass is 10.4. The van der Waals surface area contributed by atoms with Gasteiger partial charge in [-0.15, -0.1) is 0 Å². The summed E-state index contributed by atoms with van der Waals surface area (Å²) in [4.78, 5) is 7.82. The van der Waals surface area contributed by atoms with Crippen molar-refractivity contribution in [3.05, 3.63) is 30.4 Å². The Hall–Kier alpha value is -2.09. The monoisotopic (exact) mass is 267 g/mol. The number of imidazole rings is 1. The van der Waals surface area contributed by atoms with E-state index in [4.69, 9.17) is 5.73 Å². The standard InChI is InChI=1S/C10H13N5O2S/c1-7-13-10(6-15(7)2)18(16,17)14-9-4-3-8(11)5-12-9/h3-6H,11H2,1-2H3,(H,12,14). The van der Waals surface area contributed by atoms with Crippen LogP contribution < -0.4 is 10.5 Å². The number of sulfonamides is 1. The van der Waals surface area contributed by atoms with Gasteiger partial charge in [0.25, 0.3) is 10.0 Å². The Labute approximate surface area is 105 Å². The Morgan fingerprint density at radius 3 is 2.61 bits per heavy atom. The Balaban J connectivity index is 2.29. The molecule has 0 bridgehead atoms. The first-order chi connectivity index (χ1) is 8.38. The van der Waals surface area contributed by atoms with E-state index in [-0.39, 0.29) is 10.8 Å². The number of aromatic nitrogens is 3. The third kappa shape index (κ3) is 2.43. The number of rotatable bonds is 3. The highest BCUT2D eigenvalue weighted by molar-refractivity contribution is 7.92. The summed E-state index contributed by atoms with van der Waals surface area (Å²) in [5, 5.41) is -0.0406. The number of nitrogen functional groups attached to an aromatic ring is 1. The number of nitrogens with one attached hydrogen (secondary N) is 1. The van der Waals surface area contributed by atoms with Crippen LogP contribution in [0.2, 0.25) is 0 Å². The summed E-state index contributed by atoms with van der Waals surface area (Å²) < 4.78 is 27.9. The van der Waals surface area contributed by atoms with Gasteiger partial charge in [-0.3, -0.25) is 4.72 Å². The van der Waals surface area contributed by atoms with E-state index in [1.807, 2.05) is 0 Å². The van der Waals surface area contributed by atoms with Gasteiger partial charge in [-0.05, 0) is 19.1 Å². The molecule has 3 N–H and O–H groups in total. The van der Waals surface area contributed by atoms with Gasteiger partial charge in [-0.1, -0.05) is 0 Å². The number of pyridine rings is 1. The molecule has 0 spiro atoms. The molecule has 96 valence electrons. The molecule has 2 heterocycles. The van der Waals surface area contributed by atoms with Gasteiger partial charge in [0.05, 0.1) is 11.9 Å². The molecule has 0 saturated heterocycles. The fraction of sp³-hybridized carbons (Fsp3) is 0.200. The number of aryl methyl sites for hydroxylation is 2. The molecular formula is C10H13N5O2S. The van der Waals surface area contributed by atoms with E-state index in [1.54, 1.807) is 24.6 Å². The van der Waals surface area contributed by atoms with Crippen LogP contribution in [0.1, 0.15) is 5.82 Å². The first-order valence-corrected chi connectivity index (χ1v) is 6.61. The Morgan fingerprint density at radius 2 is 2.11 bits per heavy atom. The Bertz CT molecular complexity index is 641. The molecule has 18 heavy (non-hydrogen) atoms. The molecule has 0 radical (unpaired) electrons. The molecule has 0 atom stereocenters. The maximum absolute atomic E-state index is 12.0. The summed E-state index contributed by atoms with van der Waals surface area (Å²) in [5.41, 5.74) is 5.93. The lowest BCUT2D eigenvalue weighted by molar-refractivity contribution is 0.598. The predicted octanol–water partition coefficient (Wildman–Crippen LogP) is 0.507. The fourth-order valence-corrected chi connectivity index (χ4v) is 2.36. The molecular weight excluding hydrogens is 254 g/mol. The molecule has 0 aliphatic carbocycles. The topological polar surface area (TPSA) is 103 Å². The first kappa shape index (κ1) is 12.4. The molecule has 8 heteroatoms. The van der Waals surface area contributed by atoms with Crippen molar-refractivity contribution in [2.45, 2.75) is 11.9 Å². The number of anilines is 2. The zero-order valence-corrected chi connectivity index (χ0v) is 10.8. The van der Waals surface area contributed by atoms with Gasteiger partial charge < -0.3 is 10.3 Å². The second kappa shape index (κ2) is 4.30. The maximum Gasteiger partial charge on any atom is 0.282 e. The molecule has 7 nitrogen and oxygen atoms in total. The van der Waals surface area contributed by atoms with Gasteiger partial charge in [0, 0.05) is 13.2 Å². The van der Waals surface area contributed by atoms with E-state index >= 15 is 0 Å². The average molecular weight is 267 g/mol. The molecule has 0 unspecified atom stereocenters. The van der Waals surface area contributed by atoms with Crippen molar-refractivity contribution in [2.75, 3.05) is 10.5 Å². The van der Waals surface area contributed by atoms with E-state index in [1.165, 1.54) is 18.5 Å². The zero-order chi connectivity index (χ0) is 13.3. The molecule has 0 aliphatic heterocycles. The van der Waals surface area contributed by atoms with Crippen LogP contribution in [0.3, 0.4) is 0 Å². The summed E-state index contributed by atoms with van der Waals surface area (Å²) in [6.45, 7) is 1.72. The minimum absolute atomic E-state index is 0.0406. The van der Waals surface area contributed by atoms with Crippen molar-refractivity contribution in [3.63, 3.8) is 0 Å². The molecule has 2 aromatic heterocycles. The number of hydrogen-bond acceptors (Lipinski definition) is 5. The SMILES string of the molecule is Cc1nc(S(=O)(=O)Nc2ccc(N)cn2)cn1C. The van der Waals surface area contributed by atoms with Crippen LogP contribution in [0, 0.1) is 6.92 Å². The molecule has 0 aromatic carbocycles. The number of hydrogen-bond donors (Lipinski definition) is 2. The predicted molar refractivity (Wildman–Crippen MR) is 67.4 cm³/mol. The lowest BCUT2D eigenvalue weighted by Crippen LogP contribution is -2.14. The van der Waals surface area contributed by atoms with E-state index in [0.717, 1.165) is 0 Å². The largest absolute Gasteiger partial charge is 0.397 e. The van der Waals surface area contributed by atoms with Crippen molar-refractivity contribution >= 4 is 21.5 Å². The van der Waals surface area contributed by atoms with E-state index < -0.39 is 10.0 Å². The highest BCUT2D eigenvalue weighted by Crippen LogP contribution is 2.14. The van der Waals surface area contributed by atoms with Gasteiger partial charge in [-0.2, -0.15) is 8.42 Å². The van der Waals surface area contributed by atoms with Crippen LogP contribution >= 0.6 is 0 Å². The summed E-state index contributed by atoms with van der Waals surface area (Å²) in [7, 11) is -1.99. The van der Waals surface area contributed by atoms with Crippen molar-refractivity contribution in [3.8, 4) is 0 Å². The summed E-state index contributed by atoms with van der Waals surface area (Å²) >= 11 is 0.